The van der Waals surface area contributed by atoms with Crippen molar-refractivity contribution in [1.29, 1.82) is 0 Å². The molecule has 2 aliphatic heterocycles. The fourth-order valence-electron chi connectivity index (χ4n) is 6.68. The van der Waals surface area contributed by atoms with Gasteiger partial charge in [0.2, 0.25) is 0 Å². The molecule has 3 aromatic rings. The van der Waals surface area contributed by atoms with Gasteiger partial charge in [0.25, 0.3) is 0 Å². The molecule has 1 amide bonds. The van der Waals surface area contributed by atoms with Gasteiger partial charge in [0.15, 0.2) is 0 Å². The van der Waals surface area contributed by atoms with Crippen LogP contribution in [-0.2, 0) is 10.3 Å². The van der Waals surface area contributed by atoms with Crippen LogP contribution in [0.5, 0.6) is 5.75 Å². The molecule has 1 aliphatic carbocycles. The van der Waals surface area contributed by atoms with Crippen molar-refractivity contribution >= 4 is 6.09 Å². The van der Waals surface area contributed by atoms with Gasteiger partial charge in [-0.15, -0.1) is 0 Å². The first kappa shape index (κ1) is 26.6. The first-order chi connectivity index (χ1) is 19.2. The molecule has 0 radical (unpaired) electrons. The van der Waals surface area contributed by atoms with E-state index in [-0.39, 0.29) is 37.5 Å². The van der Waals surface area contributed by atoms with E-state index < -0.39 is 30.0 Å². The van der Waals surface area contributed by atoms with E-state index in [1.165, 1.54) is 12.1 Å². The summed E-state index contributed by atoms with van der Waals surface area (Å²) in [6.07, 6.45) is -6.55. The number of carbonyl (C=O) groups excluding carboxylic acids is 1. The zero-order valence-corrected chi connectivity index (χ0v) is 21.6. The van der Waals surface area contributed by atoms with Crippen LogP contribution in [0.1, 0.15) is 54.7 Å². The number of hydrogen-bond acceptors (Lipinski definition) is 4. The third kappa shape index (κ3) is 4.70. The highest BCUT2D eigenvalue weighted by Crippen LogP contribution is 2.47. The molecule has 2 saturated heterocycles. The Morgan fingerprint density at radius 3 is 2.15 bits per heavy atom. The Bertz CT molecular complexity index is 1350. The van der Waals surface area contributed by atoms with Crippen LogP contribution in [0.25, 0.3) is 11.1 Å². The van der Waals surface area contributed by atoms with E-state index in [0.717, 1.165) is 34.7 Å². The Balaban J connectivity index is 1.18. The number of ether oxygens (including phenoxy) is 2. The average Bonchev–Trinajstić information content (AvgIpc) is 3.25. The number of halogens is 4. The van der Waals surface area contributed by atoms with Gasteiger partial charge in [-0.2, -0.15) is 17.6 Å². The lowest BCUT2D eigenvalue weighted by molar-refractivity contribution is -0.253. The Hall–Kier alpha value is -3.59. The lowest BCUT2D eigenvalue weighted by Gasteiger charge is -2.51. The molecule has 40 heavy (non-hydrogen) atoms. The van der Waals surface area contributed by atoms with E-state index in [4.69, 9.17) is 4.74 Å². The second kappa shape index (κ2) is 10.1. The van der Waals surface area contributed by atoms with Crippen LogP contribution >= 0.6 is 0 Å². The van der Waals surface area contributed by atoms with E-state index in [0.29, 0.717) is 18.4 Å². The summed E-state index contributed by atoms with van der Waals surface area (Å²) in [6, 6.07) is 20.8. The minimum Gasteiger partial charge on any atom is -0.448 e. The normalized spacial score (nSPS) is 24.0. The number of carbonyl (C=O) groups is 1. The molecule has 0 spiro atoms. The molecule has 0 aromatic heterocycles. The van der Waals surface area contributed by atoms with E-state index in [1.54, 1.807) is 11.0 Å². The Labute approximate surface area is 229 Å². The van der Waals surface area contributed by atoms with Crippen LogP contribution < -0.4 is 4.74 Å². The molecule has 2 unspecified atom stereocenters. The highest BCUT2D eigenvalue weighted by atomic mass is 19.3. The SMILES string of the molecule is O=C(OCC1c2ccccc2-c2ccccc21)N1C2CCCC1CC(O)(c1cccc(OC(F)(F)C(F)F)c1)C2. The fraction of sp³-hybridized carbons (Fsp3) is 0.387. The molecule has 5 nitrogen and oxygen atoms in total. The fourth-order valence-corrected chi connectivity index (χ4v) is 6.68. The molecule has 3 aromatic carbocycles. The van der Waals surface area contributed by atoms with Crippen LogP contribution in [0, 0.1) is 0 Å². The molecule has 2 heterocycles. The van der Waals surface area contributed by atoms with E-state index in [1.807, 2.05) is 24.3 Å². The van der Waals surface area contributed by atoms with Crippen molar-refractivity contribution in [2.45, 2.75) is 68.2 Å². The molecule has 2 fully saturated rings. The van der Waals surface area contributed by atoms with Crippen molar-refractivity contribution in [3.8, 4) is 16.9 Å². The monoisotopic (exact) mass is 555 g/mol. The number of alkyl halides is 4. The van der Waals surface area contributed by atoms with Crippen molar-refractivity contribution in [2.24, 2.45) is 0 Å². The van der Waals surface area contributed by atoms with Crippen LogP contribution in [0.2, 0.25) is 0 Å². The second-order valence-corrected chi connectivity index (χ2v) is 10.9. The molecular weight excluding hydrogens is 526 g/mol. The van der Waals surface area contributed by atoms with Crippen LogP contribution in [0.15, 0.2) is 72.8 Å². The molecule has 6 rings (SSSR count). The number of aliphatic hydroxyl groups is 1. The average molecular weight is 556 g/mol. The molecular formula is C31H29F4NO4. The maximum atomic E-state index is 13.5. The summed E-state index contributed by atoms with van der Waals surface area (Å²) in [5.74, 6) is -0.535. The molecule has 3 aliphatic rings. The van der Waals surface area contributed by atoms with Crippen LogP contribution in [0.3, 0.4) is 0 Å². The highest BCUT2D eigenvalue weighted by molar-refractivity contribution is 5.79. The lowest BCUT2D eigenvalue weighted by atomic mass is 9.72. The van der Waals surface area contributed by atoms with Gasteiger partial charge in [-0.1, -0.05) is 60.7 Å². The predicted molar refractivity (Wildman–Crippen MR) is 139 cm³/mol. The Morgan fingerprint density at radius 2 is 1.55 bits per heavy atom. The molecule has 1 N–H and O–H groups in total. The molecule has 2 atom stereocenters. The van der Waals surface area contributed by atoms with E-state index in [2.05, 4.69) is 29.0 Å². The van der Waals surface area contributed by atoms with Gasteiger partial charge >= 0.3 is 18.6 Å². The summed E-state index contributed by atoms with van der Waals surface area (Å²) >= 11 is 0. The van der Waals surface area contributed by atoms with Gasteiger partial charge in [-0.05, 0) is 59.2 Å². The van der Waals surface area contributed by atoms with Crippen molar-refractivity contribution in [1.82, 2.24) is 4.90 Å². The number of benzene rings is 3. The Morgan fingerprint density at radius 1 is 0.950 bits per heavy atom. The maximum Gasteiger partial charge on any atom is 0.461 e. The van der Waals surface area contributed by atoms with Gasteiger partial charge in [0, 0.05) is 30.8 Å². The number of amides is 1. The second-order valence-electron chi connectivity index (χ2n) is 10.9. The Kier molecular flexibility index (Phi) is 6.73. The number of nitrogens with zero attached hydrogens (tertiary/aromatic N) is 1. The van der Waals surface area contributed by atoms with Crippen molar-refractivity contribution in [2.75, 3.05) is 6.61 Å². The van der Waals surface area contributed by atoms with Gasteiger partial charge < -0.3 is 19.5 Å². The number of fused-ring (bicyclic) bond motifs is 5. The minimum atomic E-state index is -4.65. The summed E-state index contributed by atoms with van der Waals surface area (Å²) in [5.41, 5.74) is 3.36. The maximum absolute atomic E-state index is 13.5. The van der Waals surface area contributed by atoms with Gasteiger partial charge in [-0.3, -0.25) is 0 Å². The van der Waals surface area contributed by atoms with E-state index >= 15 is 0 Å². The zero-order valence-electron chi connectivity index (χ0n) is 21.6. The van der Waals surface area contributed by atoms with Crippen LogP contribution in [0.4, 0.5) is 22.4 Å². The predicted octanol–water partition coefficient (Wildman–Crippen LogP) is 7.08. The first-order valence-electron chi connectivity index (χ1n) is 13.5. The summed E-state index contributed by atoms with van der Waals surface area (Å²) in [5, 5.41) is 11.6. The van der Waals surface area contributed by atoms with Gasteiger partial charge in [0.1, 0.15) is 12.4 Å². The van der Waals surface area contributed by atoms with Gasteiger partial charge in [-0.25, -0.2) is 4.79 Å². The zero-order chi connectivity index (χ0) is 28.1. The molecule has 9 heteroatoms. The lowest BCUT2D eigenvalue weighted by Crippen LogP contribution is -2.59. The quantitative estimate of drug-likeness (QED) is 0.331. The first-order valence-corrected chi connectivity index (χ1v) is 13.5. The standard InChI is InChI=1S/C31H29F4NO4/c32-28(33)31(34,35)40-22-10-5-7-19(15-22)30(38)16-20-8-6-9-21(17-30)36(20)29(37)39-18-27-25-13-3-1-11-23(25)24-12-2-4-14-26(24)27/h1-5,7,10-15,20-21,27-28,38H,6,8-9,16-18H2. The van der Waals surface area contributed by atoms with E-state index in [9.17, 15) is 27.5 Å². The largest absolute Gasteiger partial charge is 0.461 e. The van der Waals surface area contributed by atoms with Gasteiger partial charge in [0.05, 0.1) is 5.60 Å². The summed E-state index contributed by atoms with van der Waals surface area (Å²) in [7, 11) is 0. The highest BCUT2D eigenvalue weighted by Gasteiger charge is 2.49. The molecule has 0 saturated carbocycles. The third-order valence-corrected chi connectivity index (χ3v) is 8.43. The number of piperidine rings is 2. The summed E-state index contributed by atoms with van der Waals surface area (Å²) in [4.78, 5) is 15.2. The minimum absolute atomic E-state index is 0.0768. The molecule has 210 valence electrons. The topological polar surface area (TPSA) is 59.0 Å². The van der Waals surface area contributed by atoms with Crippen molar-refractivity contribution in [3.63, 3.8) is 0 Å². The van der Waals surface area contributed by atoms with Crippen LogP contribution in [-0.4, -0.2) is 47.3 Å². The number of hydrogen-bond donors (Lipinski definition) is 1. The summed E-state index contributed by atoms with van der Waals surface area (Å²) < 4.78 is 62.4. The van der Waals surface area contributed by atoms with Crippen molar-refractivity contribution in [3.05, 3.63) is 89.5 Å². The third-order valence-electron chi connectivity index (χ3n) is 8.43. The summed E-state index contributed by atoms with van der Waals surface area (Å²) in [6.45, 7) is 0.185. The van der Waals surface area contributed by atoms with Crippen molar-refractivity contribution < 1.29 is 36.9 Å². The molecule has 2 bridgehead atoms. The number of rotatable bonds is 6. The smallest absolute Gasteiger partial charge is 0.448 e.